The molecule has 0 radical (unpaired) electrons. The summed E-state index contributed by atoms with van der Waals surface area (Å²) in [7, 11) is 3.13. The second kappa shape index (κ2) is 9.21. The van der Waals surface area contributed by atoms with Crippen LogP contribution >= 0.6 is 0 Å². The van der Waals surface area contributed by atoms with E-state index in [2.05, 4.69) is 26.7 Å². The number of fused-ring (bicyclic) bond motifs is 1. The number of nitrogens with one attached hydrogen (secondary N) is 3. The van der Waals surface area contributed by atoms with E-state index in [0.29, 0.717) is 23.7 Å². The number of aromatic nitrogens is 2. The van der Waals surface area contributed by atoms with E-state index in [1.807, 2.05) is 42.7 Å². The van der Waals surface area contributed by atoms with Gasteiger partial charge in [0.25, 0.3) is 0 Å². The average molecular weight is 416 g/mol. The number of ether oxygens (including phenoxy) is 2. The lowest BCUT2D eigenvalue weighted by Gasteiger charge is -2.18. The van der Waals surface area contributed by atoms with Gasteiger partial charge in [-0.25, -0.2) is 4.79 Å². The first kappa shape index (κ1) is 20.3. The molecule has 0 saturated heterocycles. The SMILES string of the molecule is COc1ccc(OC)c(NC(=O)NC[C@@H](c2cccnc2)c2c[nH]c3ccccc23)c1. The number of carbonyl (C=O) groups excluding carboxylic acids is 1. The van der Waals surface area contributed by atoms with Gasteiger partial charge in [0.2, 0.25) is 0 Å². The van der Waals surface area contributed by atoms with E-state index in [9.17, 15) is 4.79 Å². The van der Waals surface area contributed by atoms with Gasteiger partial charge < -0.3 is 25.1 Å². The highest BCUT2D eigenvalue weighted by molar-refractivity contribution is 5.91. The number of pyridine rings is 1. The van der Waals surface area contributed by atoms with Gasteiger partial charge in [0.05, 0.1) is 19.9 Å². The van der Waals surface area contributed by atoms with Crippen LogP contribution in [0.15, 0.2) is 73.2 Å². The molecule has 4 rings (SSSR count). The Morgan fingerprint density at radius 2 is 1.97 bits per heavy atom. The zero-order chi connectivity index (χ0) is 21.6. The normalized spacial score (nSPS) is 11.7. The molecule has 0 bridgehead atoms. The number of H-pyrrole nitrogens is 1. The summed E-state index contributed by atoms with van der Waals surface area (Å²) in [6.45, 7) is 0.395. The van der Waals surface area contributed by atoms with E-state index in [1.54, 1.807) is 38.6 Å². The third-order valence-corrected chi connectivity index (χ3v) is 5.21. The molecule has 2 amide bonds. The van der Waals surface area contributed by atoms with Crippen molar-refractivity contribution in [3.63, 3.8) is 0 Å². The highest BCUT2D eigenvalue weighted by Gasteiger charge is 2.19. The molecule has 0 aliphatic rings. The summed E-state index contributed by atoms with van der Waals surface area (Å²) in [5, 5.41) is 6.95. The zero-order valence-electron chi connectivity index (χ0n) is 17.4. The van der Waals surface area contributed by atoms with Gasteiger partial charge in [-0.2, -0.15) is 0 Å². The first-order chi connectivity index (χ1) is 15.2. The van der Waals surface area contributed by atoms with Crippen LogP contribution in [0, 0.1) is 0 Å². The maximum Gasteiger partial charge on any atom is 0.319 e. The Morgan fingerprint density at radius 1 is 1.10 bits per heavy atom. The standard InChI is InChI=1S/C24H24N4O3/c1-30-17-9-10-23(31-2)22(12-17)28-24(29)27-14-19(16-6-5-11-25-13-16)20-15-26-21-8-4-3-7-18(20)21/h3-13,15,19,26H,14H2,1-2H3,(H2,27,28,29)/t19-/m0/s1. The average Bonchev–Trinajstić information content (AvgIpc) is 3.24. The summed E-state index contributed by atoms with van der Waals surface area (Å²) in [5.41, 5.74) is 3.70. The first-order valence-corrected chi connectivity index (χ1v) is 9.92. The van der Waals surface area contributed by atoms with Crippen LogP contribution in [-0.4, -0.2) is 36.8 Å². The molecule has 7 nitrogen and oxygen atoms in total. The predicted octanol–water partition coefficient (Wildman–Crippen LogP) is 4.53. The monoisotopic (exact) mass is 416 g/mol. The summed E-state index contributed by atoms with van der Waals surface area (Å²) >= 11 is 0. The van der Waals surface area contributed by atoms with Crippen molar-refractivity contribution < 1.29 is 14.3 Å². The molecule has 0 aliphatic heterocycles. The summed E-state index contributed by atoms with van der Waals surface area (Å²) in [6, 6.07) is 16.9. The third-order valence-electron chi connectivity index (χ3n) is 5.21. The highest BCUT2D eigenvalue weighted by Crippen LogP contribution is 2.31. The quantitative estimate of drug-likeness (QED) is 0.413. The molecule has 2 aromatic heterocycles. The third kappa shape index (κ3) is 4.45. The molecule has 0 unspecified atom stereocenters. The Kier molecular flexibility index (Phi) is 6.03. The summed E-state index contributed by atoms with van der Waals surface area (Å²) in [6.07, 6.45) is 5.56. The van der Waals surface area contributed by atoms with Crippen LogP contribution in [0.4, 0.5) is 10.5 Å². The van der Waals surface area contributed by atoms with Gasteiger partial charge in [0, 0.05) is 48.0 Å². The Bertz CT molecular complexity index is 1170. The lowest BCUT2D eigenvalue weighted by Crippen LogP contribution is -2.32. The van der Waals surface area contributed by atoms with Gasteiger partial charge in [-0.15, -0.1) is 0 Å². The minimum Gasteiger partial charge on any atom is -0.497 e. The van der Waals surface area contributed by atoms with Gasteiger partial charge >= 0.3 is 6.03 Å². The Morgan fingerprint density at radius 3 is 2.74 bits per heavy atom. The fourth-order valence-corrected chi connectivity index (χ4v) is 3.64. The number of amides is 2. The maximum absolute atomic E-state index is 12.7. The van der Waals surface area contributed by atoms with Crippen molar-refractivity contribution >= 4 is 22.6 Å². The summed E-state index contributed by atoms with van der Waals surface area (Å²) in [4.78, 5) is 20.3. The van der Waals surface area contributed by atoms with Crippen LogP contribution in [0.5, 0.6) is 11.5 Å². The Hall–Kier alpha value is -4.00. The number of methoxy groups -OCH3 is 2. The molecule has 0 aliphatic carbocycles. The molecular weight excluding hydrogens is 392 g/mol. The number of benzene rings is 2. The van der Waals surface area contributed by atoms with Crippen molar-refractivity contribution in [3.05, 3.63) is 84.3 Å². The van der Waals surface area contributed by atoms with Gasteiger partial charge in [0.1, 0.15) is 11.5 Å². The number of aromatic amines is 1. The molecule has 7 heteroatoms. The summed E-state index contributed by atoms with van der Waals surface area (Å²) in [5.74, 6) is 1.11. The number of rotatable bonds is 7. The molecule has 0 fully saturated rings. The minimum absolute atomic E-state index is 0.0668. The molecule has 4 aromatic rings. The second-order valence-electron chi connectivity index (χ2n) is 7.03. The van der Waals surface area contributed by atoms with E-state index in [0.717, 1.165) is 22.0 Å². The smallest absolute Gasteiger partial charge is 0.319 e. The molecule has 2 aromatic carbocycles. The number of urea groups is 1. The number of nitrogens with zero attached hydrogens (tertiary/aromatic N) is 1. The van der Waals surface area contributed by atoms with Crippen LogP contribution in [0.1, 0.15) is 17.0 Å². The molecule has 31 heavy (non-hydrogen) atoms. The molecule has 3 N–H and O–H groups in total. The van der Waals surface area contributed by atoms with Crippen molar-refractivity contribution in [3.8, 4) is 11.5 Å². The topological polar surface area (TPSA) is 88.3 Å². The minimum atomic E-state index is -0.333. The van der Waals surface area contributed by atoms with Crippen LogP contribution in [-0.2, 0) is 0 Å². The van der Waals surface area contributed by atoms with E-state index >= 15 is 0 Å². The van der Waals surface area contributed by atoms with Crippen LogP contribution in [0.3, 0.4) is 0 Å². The van der Waals surface area contributed by atoms with Crippen molar-refractivity contribution in [2.45, 2.75) is 5.92 Å². The molecule has 2 heterocycles. The first-order valence-electron chi connectivity index (χ1n) is 9.92. The molecule has 0 saturated carbocycles. The van der Waals surface area contributed by atoms with E-state index < -0.39 is 0 Å². The van der Waals surface area contributed by atoms with Crippen molar-refractivity contribution in [1.82, 2.24) is 15.3 Å². The number of para-hydroxylation sites is 1. The number of hydrogen-bond donors (Lipinski definition) is 3. The van der Waals surface area contributed by atoms with Crippen molar-refractivity contribution in [2.75, 3.05) is 26.1 Å². The Balaban J connectivity index is 1.55. The van der Waals surface area contributed by atoms with Gasteiger partial charge in [-0.1, -0.05) is 24.3 Å². The van der Waals surface area contributed by atoms with Gasteiger partial charge in [-0.3, -0.25) is 4.98 Å². The van der Waals surface area contributed by atoms with Crippen LogP contribution in [0.2, 0.25) is 0 Å². The van der Waals surface area contributed by atoms with E-state index in [-0.39, 0.29) is 11.9 Å². The summed E-state index contributed by atoms with van der Waals surface area (Å²) < 4.78 is 10.6. The molecule has 0 spiro atoms. The number of hydrogen-bond acceptors (Lipinski definition) is 4. The second-order valence-corrected chi connectivity index (χ2v) is 7.03. The van der Waals surface area contributed by atoms with Crippen molar-refractivity contribution in [2.24, 2.45) is 0 Å². The predicted molar refractivity (Wildman–Crippen MR) is 121 cm³/mol. The lowest BCUT2D eigenvalue weighted by molar-refractivity contribution is 0.251. The fourth-order valence-electron chi connectivity index (χ4n) is 3.64. The zero-order valence-corrected chi connectivity index (χ0v) is 17.4. The number of carbonyl (C=O) groups is 1. The molecule has 158 valence electrons. The largest absolute Gasteiger partial charge is 0.497 e. The van der Waals surface area contributed by atoms with E-state index in [4.69, 9.17) is 9.47 Å². The highest BCUT2D eigenvalue weighted by atomic mass is 16.5. The number of anilines is 1. The van der Waals surface area contributed by atoms with Gasteiger partial charge in [-0.05, 0) is 35.4 Å². The Labute approximate surface area is 180 Å². The van der Waals surface area contributed by atoms with Crippen LogP contribution < -0.4 is 20.1 Å². The van der Waals surface area contributed by atoms with Crippen LogP contribution in [0.25, 0.3) is 10.9 Å². The molecular formula is C24H24N4O3. The van der Waals surface area contributed by atoms with Crippen molar-refractivity contribution in [1.29, 1.82) is 0 Å². The van der Waals surface area contributed by atoms with E-state index in [1.165, 1.54) is 0 Å². The molecule has 1 atom stereocenters. The van der Waals surface area contributed by atoms with Gasteiger partial charge in [0.15, 0.2) is 0 Å². The fraction of sp³-hybridized carbons (Fsp3) is 0.167. The maximum atomic E-state index is 12.7. The lowest BCUT2D eigenvalue weighted by atomic mass is 9.92.